The minimum Gasteiger partial charge on any atom is -0.486 e. The Morgan fingerprint density at radius 2 is 2.00 bits per heavy atom. The Morgan fingerprint density at radius 3 is 2.68 bits per heavy atom. The molecule has 1 N–H and O–H groups in total. The van der Waals surface area contributed by atoms with Crippen molar-refractivity contribution in [3.63, 3.8) is 0 Å². The number of carbonyl (C=O) groups excluding carboxylic acids is 2. The molecule has 0 fully saturated rings. The molecule has 0 saturated carbocycles. The number of methoxy groups -OCH3 is 1. The summed E-state index contributed by atoms with van der Waals surface area (Å²) in [5, 5.41) is 13.9. The van der Waals surface area contributed by atoms with Crippen LogP contribution in [-0.2, 0) is 16.1 Å². The Morgan fingerprint density at radius 1 is 1.29 bits per heavy atom. The molecule has 0 atom stereocenters. The first-order valence-corrected chi connectivity index (χ1v) is 9.64. The van der Waals surface area contributed by atoms with E-state index in [2.05, 4.69) is 15.0 Å². The predicted octanol–water partition coefficient (Wildman–Crippen LogP) is 1.56. The number of esters is 1. The van der Waals surface area contributed by atoms with Crippen molar-refractivity contribution in [1.82, 2.24) is 9.55 Å². The number of carbonyl (C=O) groups is 2. The molecule has 0 bridgehead atoms. The summed E-state index contributed by atoms with van der Waals surface area (Å²) in [7, 11) is 1.09. The minimum atomic E-state index is -1.03. The first kappa shape index (κ1) is 20.3. The molecule has 31 heavy (non-hydrogen) atoms. The van der Waals surface area contributed by atoms with Gasteiger partial charge in [-0.25, -0.2) is 9.78 Å². The van der Waals surface area contributed by atoms with Gasteiger partial charge in [-0.2, -0.15) is 0 Å². The summed E-state index contributed by atoms with van der Waals surface area (Å²) in [5.74, 6) is -0.397. The van der Waals surface area contributed by atoms with E-state index < -0.39 is 34.6 Å². The molecular weight excluding hydrogens is 432 g/mol. The highest BCUT2D eigenvalue weighted by atomic mass is 32.1. The van der Waals surface area contributed by atoms with Crippen LogP contribution < -0.4 is 20.3 Å². The second-order valence-corrected chi connectivity index (χ2v) is 7.36. The lowest BCUT2D eigenvalue weighted by molar-refractivity contribution is -0.386. The van der Waals surface area contributed by atoms with Crippen molar-refractivity contribution in [2.24, 2.45) is 0 Å². The molecule has 4 rings (SSSR count). The van der Waals surface area contributed by atoms with Gasteiger partial charge in [-0.3, -0.25) is 24.3 Å². The van der Waals surface area contributed by atoms with Gasteiger partial charge in [0.1, 0.15) is 19.8 Å². The number of benzene rings is 1. The van der Waals surface area contributed by atoms with Crippen LogP contribution in [0.25, 0.3) is 10.2 Å². The van der Waals surface area contributed by atoms with Gasteiger partial charge in [0.15, 0.2) is 16.6 Å². The molecule has 1 aliphatic heterocycles. The van der Waals surface area contributed by atoms with Gasteiger partial charge in [0.2, 0.25) is 5.91 Å². The zero-order valence-corrected chi connectivity index (χ0v) is 16.8. The third kappa shape index (κ3) is 4.02. The predicted molar refractivity (Wildman–Crippen MR) is 108 cm³/mol. The standard InChI is InChI=1S/C18H14N4O8S/c1-28-17(25)9-4-11(22(26)27)16(24)21(7-9)8-15(23)20-18-19-10-5-12-13(6-14(10)31-18)30-3-2-29-12/h4-7H,2-3,8H2,1H3,(H,19,20,23). The van der Waals surface area contributed by atoms with E-state index in [0.29, 0.717) is 30.2 Å². The zero-order valence-electron chi connectivity index (χ0n) is 15.9. The number of rotatable bonds is 5. The van der Waals surface area contributed by atoms with Crippen LogP contribution in [0.15, 0.2) is 29.2 Å². The fraction of sp³-hybridized carbons (Fsp3) is 0.222. The van der Waals surface area contributed by atoms with E-state index in [9.17, 15) is 24.5 Å². The maximum Gasteiger partial charge on any atom is 0.339 e. The molecule has 0 aliphatic carbocycles. The number of ether oxygens (including phenoxy) is 3. The summed E-state index contributed by atoms with van der Waals surface area (Å²) in [6, 6.07) is 4.26. The van der Waals surface area contributed by atoms with E-state index in [4.69, 9.17) is 9.47 Å². The smallest absolute Gasteiger partial charge is 0.339 e. The van der Waals surface area contributed by atoms with Crippen molar-refractivity contribution in [1.29, 1.82) is 0 Å². The van der Waals surface area contributed by atoms with Gasteiger partial charge in [0, 0.05) is 24.4 Å². The molecule has 1 aliphatic rings. The van der Waals surface area contributed by atoms with Crippen LogP contribution in [0.4, 0.5) is 10.8 Å². The average molecular weight is 446 g/mol. The maximum atomic E-state index is 12.5. The Kier molecular flexibility index (Phi) is 5.25. The molecule has 3 heterocycles. The van der Waals surface area contributed by atoms with Crippen molar-refractivity contribution in [2.45, 2.75) is 6.54 Å². The highest BCUT2D eigenvalue weighted by Crippen LogP contribution is 2.37. The number of hydrogen-bond donors (Lipinski definition) is 1. The molecule has 1 amide bonds. The zero-order chi connectivity index (χ0) is 22.1. The quantitative estimate of drug-likeness (QED) is 0.349. The van der Waals surface area contributed by atoms with Crippen LogP contribution >= 0.6 is 11.3 Å². The Hall–Kier alpha value is -4.00. The lowest BCUT2D eigenvalue weighted by Gasteiger charge is -2.17. The van der Waals surface area contributed by atoms with Crippen LogP contribution in [0.3, 0.4) is 0 Å². The van der Waals surface area contributed by atoms with Gasteiger partial charge >= 0.3 is 17.2 Å². The second kappa shape index (κ2) is 8.02. The summed E-state index contributed by atoms with van der Waals surface area (Å²) >= 11 is 1.18. The molecule has 2 aromatic heterocycles. The van der Waals surface area contributed by atoms with Crippen molar-refractivity contribution >= 4 is 44.2 Å². The highest BCUT2D eigenvalue weighted by Gasteiger charge is 2.22. The monoisotopic (exact) mass is 446 g/mol. The van der Waals surface area contributed by atoms with E-state index in [1.165, 1.54) is 11.3 Å². The van der Waals surface area contributed by atoms with Crippen molar-refractivity contribution in [3.05, 3.63) is 50.4 Å². The highest BCUT2D eigenvalue weighted by molar-refractivity contribution is 7.22. The number of pyridine rings is 1. The third-order valence-corrected chi connectivity index (χ3v) is 5.23. The van der Waals surface area contributed by atoms with Crippen molar-refractivity contribution < 1.29 is 28.7 Å². The second-order valence-electron chi connectivity index (χ2n) is 6.33. The summed E-state index contributed by atoms with van der Waals surface area (Å²) in [5.41, 5.74) is -1.52. The molecule has 13 heteroatoms. The normalized spacial score (nSPS) is 12.4. The van der Waals surface area contributed by atoms with Gasteiger partial charge in [0.05, 0.1) is 27.8 Å². The number of fused-ring (bicyclic) bond motifs is 2. The van der Waals surface area contributed by atoms with Gasteiger partial charge in [-0.05, 0) is 0 Å². The minimum absolute atomic E-state index is 0.229. The van der Waals surface area contributed by atoms with Crippen LogP contribution in [0.1, 0.15) is 10.4 Å². The number of anilines is 1. The Balaban J connectivity index is 1.58. The number of nitrogens with one attached hydrogen (secondary N) is 1. The van der Waals surface area contributed by atoms with Gasteiger partial charge in [-0.1, -0.05) is 11.3 Å². The number of thiazole rings is 1. The maximum absolute atomic E-state index is 12.5. The molecule has 0 saturated heterocycles. The molecule has 160 valence electrons. The molecule has 3 aromatic rings. The van der Waals surface area contributed by atoms with E-state index in [1.54, 1.807) is 12.1 Å². The SMILES string of the molecule is COC(=O)c1cc([N+](=O)[O-])c(=O)n(CC(=O)Nc2nc3cc4c(cc3s2)OCCO4)c1. The largest absolute Gasteiger partial charge is 0.486 e. The first-order valence-electron chi connectivity index (χ1n) is 8.83. The lowest BCUT2D eigenvalue weighted by Crippen LogP contribution is -2.29. The molecule has 1 aromatic carbocycles. The van der Waals surface area contributed by atoms with Crippen molar-refractivity contribution in [2.75, 3.05) is 25.6 Å². The number of nitrogens with zero attached hydrogens (tertiary/aromatic N) is 3. The van der Waals surface area contributed by atoms with Gasteiger partial charge in [-0.15, -0.1) is 0 Å². The summed E-state index contributed by atoms with van der Waals surface area (Å²) in [4.78, 5) is 51.0. The van der Waals surface area contributed by atoms with E-state index >= 15 is 0 Å². The van der Waals surface area contributed by atoms with Crippen molar-refractivity contribution in [3.8, 4) is 11.5 Å². The van der Waals surface area contributed by atoms with Crippen LogP contribution in [0, 0.1) is 10.1 Å². The summed E-state index contributed by atoms with van der Waals surface area (Å²) in [6.45, 7) is 0.299. The van der Waals surface area contributed by atoms with Crippen LogP contribution in [0.5, 0.6) is 11.5 Å². The molecule has 0 spiro atoms. The number of nitro groups is 1. The molecular formula is C18H14N4O8S. The van der Waals surface area contributed by atoms with E-state index in [-0.39, 0.29) is 10.7 Å². The average Bonchev–Trinajstić information content (AvgIpc) is 3.13. The van der Waals surface area contributed by atoms with Gasteiger partial charge in [0.25, 0.3) is 0 Å². The number of aromatic nitrogens is 2. The fourth-order valence-electron chi connectivity index (χ4n) is 2.93. The van der Waals surface area contributed by atoms with Crippen LogP contribution in [-0.4, -0.2) is 46.7 Å². The summed E-state index contributed by atoms with van der Waals surface area (Å²) < 4.78 is 17.1. The molecule has 0 unspecified atom stereocenters. The number of amides is 1. The lowest BCUT2D eigenvalue weighted by atomic mass is 10.2. The fourth-order valence-corrected chi connectivity index (χ4v) is 3.82. The van der Waals surface area contributed by atoms with Crippen LogP contribution in [0.2, 0.25) is 0 Å². The van der Waals surface area contributed by atoms with E-state index in [1.807, 2.05) is 0 Å². The van der Waals surface area contributed by atoms with E-state index in [0.717, 1.165) is 28.6 Å². The Bertz CT molecular complexity index is 1240. The molecule has 12 nitrogen and oxygen atoms in total. The third-order valence-electron chi connectivity index (χ3n) is 4.30. The first-order chi connectivity index (χ1) is 14.9. The number of hydrogen-bond acceptors (Lipinski definition) is 10. The van der Waals surface area contributed by atoms with Gasteiger partial charge < -0.3 is 19.5 Å². The topological polar surface area (TPSA) is 152 Å². The summed E-state index contributed by atoms with van der Waals surface area (Å²) in [6.07, 6.45) is 1.03. The molecule has 0 radical (unpaired) electrons. The Labute approximate surface area is 177 Å².